The minimum atomic E-state index is 0.855. The molecular weight excluding hydrogens is 206 g/mol. The first kappa shape index (κ1) is 11.0. The van der Waals surface area contributed by atoms with Crippen LogP contribution in [0, 0.1) is 6.92 Å². The molecule has 1 N–H and O–H groups in total. The normalized spacial score (nSPS) is 21.0. The van der Waals surface area contributed by atoms with Crippen molar-refractivity contribution in [2.45, 2.75) is 31.6 Å². The van der Waals surface area contributed by atoms with E-state index in [1.165, 1.54) is 25.1 Å². The monoisotopic (exact) mass is 225 g/mol. The number of thioether (sulfide) groups is 1. The van der Waals surface area contributed by atoms with Crippen LogP contribution < -0.4 is 5.32 Å². The van der Waals surface area contributed by atoms with E-state index < -0.39 is 0 Å². The zero-order valence-electron chi connectivity index (χ0n) is 9.28. The molecule has 1 aliphatic rings. The van der Waals surface area contributed by atoms with E-state index in [0.717, 1.165) is 24.2 Å². The van der Waals surface area contributed by atoms with Gasteiger partial charge in [-0.1, -0.05) is 0 Å². The van der Waals surface area contributed by atoms with Crippen molar-refractivity contribution in [3.05, 3.63) is 18.2 Å². The highest BCUT2D eigenvalue weighted by molar-refractivity contribution is 8.00. The van der Waals surface area contributed by atoms with Crippen LogP contribution >= 0.6 is 11.8 Å². The lowest BCUT2D eigenvalue weighted by molar-refractivity contribution is 0.576. The molecule has 1 aliphatic heterocycles. The summed E-state index contributed by atoms with van der Waals surface area (Å²) in [6.07, 6.45) is 6.70. The van der Waals surface area contributed by atoms with Crippen molar-refractivity contribution in [1.82, 2.24) is 14.9 Å². The Hall–Kier alpha value is -0.480. The molecule has 0 bridgehead atoms. The summed E-state index contributed by atoms with van der Waals surface area (Å²) >= 11 is 2.11. The average Bonchev–Trinajstić information content (AvgIpc) is 2.85. The number of hydrogen-bond acceptors (Lipinski definition) is 3. The minimum absolute atomic E-state index is 0.855. The van der Waals surface area contributed by atoms with Crippen LogP contribution in [0.25, 0.3) is 0 Å². The number of hydrogen-bond donors (Lipinski definition) is 1. The van der Waals surface area contributed by atoms with Gasteiger partial charge in [-0.25, -0.2) is 4.98 Å². The average molecular weight is 225 g/mol. The van der Waals surface area contributed by atoms with E-state index in [9.17, 15) is 0 Å². The zero-order valence-corrected chi connectivity index (χ0v) is 10.1. The van der Waals surface area contributed by atoms with Crippen molar-refractivity contribution in [2.75, 3.05) is 18.8 Å². The lowest BCUT2D eigenvalue weighted by Gasteiger charge is -2.10. The van der Waals surface area contributed by atoms with Crippen molar-refractivity contribution in [1.29, 1.82) is 0 Å². The van der Waals surface area contributed by atoms with E-state index in [4.69, 9.17) is 0 Å². The van der Waals surface area contributed by atoms with Gasteiger partial charge in [0.05, 0.1) is 0 Å². The van der Waals surface area contributed by atoms with Gasteiger partial charge in [-0.3, -0.25) is 0 Å². The molecule has 2 rings (SSSR count). The SMILES string of the molecule is Cc1nccn1CCNCC1CCCS1. The first-order valence-electron chi connectivity index (χ1n) is 5.66. The highest BCUT2D eigenvalue weighted by Crippen LogP contribution is 2.25. The van der Waals surface area contributed by atoms with Crippen LogP contribution in [0.4, 0.5) is 0 Å². The molecule has 0 amide bonds. The Morgan fingerprint density at radius 2 is 2.60 bits per heavy atom. The number of nitrogens with zero attached hydrogens (tertiary/aromatic N) is 2. The summed E-state index contributed by atoms with van der Waals surface area (Å²) in [6, 6.07) is 0. The molecule has 1 unspecified atom stereocenters. The molecule has 1 atom stereocenters. The number of aryl methyl sites for hydroxylation is 1. The number of rotatable bonds is 5. The lowest BCUT2D eigenvalue weighted by Crippen LogP contribution is -2.26. The predicted molar refractivity (Wildman–Crippen MR) is 65.3 cm³/mol. The Kier molecular flexibility index (Phi) is 4.09. The van der Waals surface area contributed by atoms with Gasteiger partial charge in [0.25, 0.3) is 0 Å². The van der Waals surface area contributed by atoms with Gasteiger partial charge in [0.15, 0.2) is 0 Å². The summed E-state index contributed by atoms with van der Waals surface area (Å²) in [7, 11) is 0. The molecule has 1 aromatic rings. The molecule has 0 aliphatic carbocycles. The first-order valence-corrected chi connectivity index (χ1v) is 6.71. The number of nitrogens with one attached hydrogen (secondary N) is 1. The Morgan fingerprint density at radius 1 is 1.67 bits per heavy atom. The Bertz CT molecular complexity index is 292. The van der Waals surface area contributed by atoms with Crippen molar-refractivity contribution >= 4 is 11.8 Å². The second-order valence-electron chi connectivity index (χ2n) is 4.01. The van der Waals surface area contributed by atoms with E-state index in [-0.39, 0.29) is 0 Å². The van der Waals surface area contributed by atoms with Crippen LogP contribution in [0.3, 0.4) is 0 Å². The summed E-state index contributed by atoms with van der Waals surface area (Å²) < 4.78 is 2.19. The molecule has 1 fully saturated rings. The molecule has 3 nitrogen and oxygen atoms in total. The molecule has 0 saturated carbocycles. The van der Waals surface area contributed by atoms with Crippen molar-refractivity contribution < 1.29 is 0 Å². The molecule has 0 aromatic carbocycles. The van der Waals surface area contributed by atoms with Gasteiger partial charge in [-0.05, 0) is 25.5 Å². The summed E-state index contributed by atoms with van der Waals surface area (Å²) in [6.45, 7) is 5.29. The Balaban J connectivity index is 1.60. The molecule has 84 valence electrons. The van der Waals surface area contributed by atoms with Crippen molar-refractivity contribution in [2.24, 2.45) is 0 Å². The molecule has 15 heavy (non-hydrogen) atoms. The van der Waals surface area contributed by atoms with Crippen molar-refractivity contribution in [3.63, 3.8) is 0 Å². The summed E-state index contributed by atoms with van der Waals surface area (Å²) in [5, 5.41) is 4.38. The highest BCUT2D eigenvalue weighted by Gasteiger charge is 2.14. The van der Waals surface area contributed by atoms with Gasteiger partial charge in [-0.2, -0.15) is 11.8 Å². The maximum atomic E-state index is 4.20. The fourth-order valence-electron chi connectivity index (χ4n) is 1.91. The zero-order chi connectivity index (χ0) is 10.5. The van der Waals surface area contributed by atoms with Crippen LogP contribution in [0.2, 0.25) is 0 Å². The van der Waals surface area contributed by atoms with Gasteiger partial charge in [0.1, 0.15) is 5.82 Å². The molecule has 1 saturated heterocycles. The minimum Gasteiger partial charge on any atom is -0.334 e. The van der Waals surface area contributed by atoms with E-state index in [0.29, 0.717) is 0 Å². The van der Waals surface area contributed by atoms with Crippen LogP contribution in [-0.4, -0.2) is 33.6 Å². The van der Waals surface area contributed by atoms with Crippen LogP contribution in [0.15, 0.2) is 12.4 Å². The van der Waals surface area contributed by atoms with Gasteiger partial charge >= 0.3 is 0 Å². The molecule has 2 heterocycles. The number of aromatic nitrogens is 2. The summed E-state index contributed by atoms with van der Waals surface area (Å²) in [5.74, 6) is 2.46. The Morgan fingerprint density at radius 3 is 3.27 bits per heavy atom. The van der Waals surface area contributed by atoms with E-state index >= 15 is 0 Å². The quantitative estimate of drug-likeness (QED) is 0.773. The third-order valence-corrected chi connectivity index (χ3v) is 4.25. The first-order chi connectivity index (χ1) is 7.36. The molecule has 4 heteroatoms. The Labute approximate surface area is 95.7 Å². The van der Waals surface area contributed by atoms with E-state index in [1.54, 1.807) is 0 Å². The van der Waals surface area contributed by atoms with Gasteiger partial charge < -0.3 is 9.88 Å². The smallest absolute Gasteiger partial charge is 0.105 e. The summed E-state index contributed by atoms with van der Waals surface area (Å²) in [4.78, 5) is 4.20. The highest BCUT2D eigenvalue weighted by atomic mass is 32.2. The predicted octanol–water partition coefficient (Wildman–Crippen LogP) is 1.68. The van der Waals surface area contributed by atoms with E-state index in [2.05, 4.69) is 26.6 Å². The lowest BCUT2D eigenvalue weighted by atomic mass is 10.2. The second-order valence-corrected chi connectivity index (χ2v) is 5.42. The fraction of sp³-hybridized carbons (Fsp3) is 0.727. The van der Waals surface area contributed by atoms with Gasteiger partial charge in [-0.15, -0.1) is 0 Å². The third-order valence-electron chi connectivity index (χ3n) is 2.85. The molecule has 1 aromatic heterocycles. The maximum Gasteiger partial charge on any atom is 0.105 e. The fourth-order valence-corrected chi connectivity index (χ4v) is 3.14. The van der Waals surface area contributed by atoms with Crippen LogP contribution in [0.5, 0.6) is 0 Å². The standard InChI is InChI=1S/C11H19N3S/c1-10-13-5-7-14(10)6-4-12-9-11-3-2-8-15-11/h5,7,11-12H,2-4,6,8-9H2,1H3. The topological polar surface area (TPSA) is 29.9 Å². The van der Waals surface area contributed by atoms with Gasteiger partial charge in [0.2, 0.25) is 0 Å². The second kappa shape index (κ2) is 5.56. The largest absolute Gasteiger partial charge is 0.334 e. The molecule has 0 spiro atoms. The van der Waals surface area contributed by atoms with Crippen LogP contribution in [-0.2, 0) is 6.54 Å². The maximum absolute atomic E-state index is 4.20. The third kappa shape index (κ3) is 3.24. The van der Waals surface area contributed by atoms with Crippen molar-refractivity contribution in [3.8, 4) is 0 Å². The molecular formula is C11H19N3S. The molecule has 0 radical (unpaired) electrons. The van der Waals surface area contributed by atoms with Gasteiger partial charge in [0, 0.05) is 37.3 Å². The number of imidazole rings is 1. The summed E-state index contributed by atoms with van der Waals surface area (Å²) in [5.41, 5.74) is 0. The van der Waals surface area contributed by atoms with Crippen LogP contribution in [0.1, 0.15) is 18.7 Å². The van der Waals surface area contributed by atoms with E-state index in [1.807, 2.05) is 19.3 Å².